The van der Waals surface area contributed by atoms with E-state index in [0.29, 0.717) is 10.8 Å². The van der Waals surface area contributed by atoms with Gasteiger partial charge in [-0.25, -0.2) is 4.79 Å². The Labute approximate surface area is 106 Å². The summed E-state index contributed by atoms with van der Waals surface area (Å²) in [6.07, 6.45) is 2.50. The fourth-order valence-corrected chi connectivity index (χ4v) is 3.30. The van der Waals surface area contributed by atoms with E-state index in [1.54, 1.807) is 12.1 Å². The first-order valence-corrected chi connectivity index (χ1v) is 6.91. The molecule has 1 unspecified atom stereocenters. The Balaban J connectivity index is 2.10. The average Bonchev–Trinajstić information content (AvgIpc) is 2.80. The van der Waals surface area contributed by atoms with E-state index in [2.05, 4.69) is 5.32 Å². The van der Waals surface area contributed by atoms with Gasteiger partial charge in [-0.15, -0.1) is 0 Å². The summed E-state index contributed by atoms with van der Waals surface area (Å²) in [6.45, 7) is 2.80. The maximum Gasteiger partial charge on any atom is 0.337 e. The fourth-order valence-electron chi connectivity index (χ4n) is 2.10. The molecule has 0 saturated carbocycles. The number of benzene rings is 1. The Morgan fingerprint density at radius 3 is 3.06 bits per heavy atom. The molecular formula is C13H17NO2S. The van der Waals surface area contributed by atoms with Gasteiger partial charge in [0.05, 0.1) is 11.3 Å². The number of aromatic carboxylic acids is 1. The first kappa shape index (κ1) is 12.3. The third-order valence-electron chi connectivity index (χ3n) is 3.03. The molecule has 2 N–H and O–H groups in total. The number of carboxylic acids is 1. The minimum absolute atomic E-state index is 0.369. The monoisotopic (exact) mass is 251 g/mol. The maximum atomic E-state index is 11.1. The molecule has 0 amide bonds. The minimum Gasteiger partial charge on any atom is -0.478 e. The van der Waals surface area contributed by atoms with Crippen molar-refractivity contribution in [2.75, 3.05) is 17.6 Å². The van der Waals surface area contributed by atoms with Gasteiger partial charge in [-0.05, 0) is 37.1 Å². The number of hydrogen-bond acceptors (Lipinski definition) is 3. The smallest absolute Gasteiger partial charge is 0.337 e. The maximum absolute atomic E-state index is 11.1. The van der Waals surface area contributed by atoms with Gasteiger partial charge in [-0.2, -0.15) is 11.8 Å². The minimum atomic E-state index is -0.865. The summed E-state index contributed by atoms with van der Waals surface area (Å²) in [4.78, 5) is 11.1. The average molecular weight is 251 g/mol. The van der Waals surface area contributed by atoms with Crippen LogP contribution < -0.4 is 5.32 Å². The van der Waals surface area contributed by atoms with Crippen molar-refractivity contribution in [1.29, 1.82) is 0 Å². The summed E-state index contributed by atoms with van der Waals surface area (Å²) >= 11 is 1.97. The molecule has 1 fully saturated rings. The molecule has 2 rings (SSSR count). The third-order valence-corrected chi connectivity index (χ3v) is 4.43. The van der Waals surface area contributed by atoms with Crippen molar-refractivity contribution in [2.45, 2.75) is 25.0 Å². The van der Waals surface area contributed by atoms with E-state index in [-0.39, 0.29) is 0 Å². The highest BCUT2D eigenvalue weighted by molar-refractivity contribution is 8.00. The highest BCUT2D eigenvalue weighted by Gasteiger charge is 2.17. The van der Waals surface area contributed by atoms with Crippen LogP contribution >= 0.6 is 11.8 Å². The molecule has 0 bridgehead atoms. The predicted octanol–water partition coefficient (Wildman–Crippen LogP) is 3.00. The topological polar surface area (TPSA) is 49.3 Å². The van der Waals surface area contributed by atoms with Gasteiger partial charge in [0.15, 0.2) is 0 Å². The van der Waals surface area contributed by atoms with Crippen molar-refractivity contribution >= 4 is 23.4 Å². The standard InChI is InChI=1S/C13H17NO2S/c1-9-4-2-6-11(13(15)16)12(9)14-8-10-5-3-7-17-10/h2,4,6,10,14H,3,5,7-8H2,1H3,(H,15,16). The summed E-state index contributed by atoms with van der Waals surface area (Å²) in [5.74, 6) is 0.363. The molecule has 1 heterocycles. The molecule has 0 aromatic heterocycles. The summed E-state index contributed by atoms with van der Waals surface area (Å²) in [5.41, 5.74) is 2.13. The molecule has 1 saturated heterocycles. The van der Waals surface area contributed by atoms with Crippen molar-refractivity contribution in [1.82, 2.24) is 0 Å². The highest BCUT2D eigenvalue weighted by atomic mass is 32.2. The zero-order valence-corrected chi connectivity index (χ0v) is 10.7. The lowest BCUT2D eigenvalue weighted by Crippen LogP contribution is -2.16. The van der Waals surface area contributed by atoms with Gasteiger partial charge >= 0.3 is 5.97 Å². The van der Waals surface area contributed by atoms with Gasteiger partial charge in [0.25, 0.3) is 0 Å². The SMILES string of the molecule is Cc1cccc(C(=O)O)c1NCC1CCCS1. The van der Waals surface area contributed by atoms with Crippen LogP contribution in [0, 0.1) is 6.92 Å². The largest absolute Gasteiger partial charge is 0.478 e. The molecule has 17 heavy (non-hydrogen) atoms. The predicted molar refractivity (Wildman–Crippen MR) is 72.1 cm³/mol. The van der Waals surface area contributed by atoms with E-state index in [1.165, 1.54) is 18.6 Å². The van der Waals surface area contributed by atoms with E-state index < -0.39 is 5.97 Å². The van der Waals surface area contributed by atoms with Gasteiger partial charge in [-0.1, -0.05) is 12.1 Å². The Morgan fingerprint density at radius 1 is 1.59 bits per heavy atom. The summed E-state index contributed by atoms with van der Waals surface area (Å²) in [5, 5.41) is 13.1. The molecule has 92 valence electrons. The molecule has 0 spiro atoms. The Morgan fingerprint density at radius 2 is 2.41 bits per heavy atom. The molecule has 4 heteroatoms. The van der Waals surface area contributed by atoms with Crippen LogP contribution in [0.5, 0.6) is 0 Å². The number of aryl methyl sites for hydroxylation is 1. The lowest BCUT2D eigenvalue weighted by atomic mass is 10.1. The Hall–Kier alpha value is -1.16. The number of thioether (sulfide) groups is 1. The second-order valence-corrected chi connectivity index (χ2v) is 5.73. The second-order valence-electron chi connectivity index (χ2n) is 4.32. The molecule has 3 nitrogen and oxygen atoms in total. The Bertz CT molecular complexity index is 414. The molecule has 1 aromatic carbocycles. The zero-order valence-electron chi connectivity index (χ0n) is 9.90. The van der Waals surface area contributed by atoms with Crippen LogP contribution in [-0.4, -0.2) is 28.6 Å². The summed E-state index contributed by atoms with van der Waals surface area (Å²) in [7, 11) is 0. The van der Waals surface area contributed by atoms with Crippen LogP contribution in [0.4, 0.5) is 5.69 Å². The number of hydrogen-bond donors (Lipinski definition) is 2. The highest BCUT2D eigenvalue weighted by Crippen LogP contribution is 2.27. The fraction of sp³-hybridized carbons (Fsp3) is 0.462. The lowest BCUT2D eigenvalue weighted by Gasteiger charge is -2.15. The van der Waals surface area contributed by atoms with Gasteiger partial charge in [0, 0.05) is 11.8 Å². The van der Waals surface area contributed by atoms with Gasteiger partial charge in [0.1, 0.15) is 0 Å². The Kier molecular flexibility index (Phi) is 3.94. The first-order chi connectivity index (χ1) is 8.18. The van der Waals surface area contributed by atoms with Crippen LogP contribution in [0.15, 0.2) is 18.2 Å². The van der Waals surface area contributed by atoms with E-state index >= 15 is 0 Å². The van der Waals surface area contributed by atoms with Crippen molar-refractivity contribution in [3.63, 3.8) is 0 Å². The molecule has 0 aliphatic carbocycles. The molecule has 1 atom stereocenters. The van der Waals surface area contributed by atoms with Crippen molar-refractivity contribution in [3.8, 4) is 0 Å². The lowest BCUT2D eigenvalue weighted by molar-refractivity contribution is 0.0698. The number of nitrogens with one attached hydrogen (secondary N) is 1. The summed E-state index contributed by atoms with van der Waals surface area (Å²) < 4.78 is 0. The van der Waals surface area contributed by atoms with Crippen LogP contribution in [0.2, 0.25) is 0 Å². The van der Waals surface area contributed by atoms with Crippen molar-refractivity contribution in [3.05, 3.63) is 29.3 Å². The van der Waals surface area contributed by atoms with E-state index in [0.717, 1.165) is 17.8 Å². The molecule has 1 aliphatic heterocycles. The van der Waals surface area contributed by atoms with Crippen LogP contribution in [-0.2, 0) is 0 Å². The molecule has 1 aromatic rings. The van der Waals surface area contributed by atoms with Crippen LogP contribution in [0.25, 0.3) is 0 Å². The second kappa shape index (κ2) is 5.45. The van der Waals surface area contributed by atoms with Gasteiger partial charge < -0.3 is 10.4 Å². The number of rotatable bonds is 4. The molecule has 0 radical (unpaired) electrons. The van der Waals surface area contributed by atoms with E-state index in [4.69, 9.17) is 5.11 Å². The van der Waals surface area contributed by atoms with Gasteiger partial charge in [-0.3, -0.25) is 0 Å². The summed E-state index contributed by atoms with van der Waals surface area (Å²) in [6, 6.07) is 5.38. The number of anilines is 1. The van der Waals surface area contributed by atoms with Crippen molar-refractivity contribution < 1.29 is 9.90 Å². The molecular weight excluding hydrogens is 234 g/mol. The number of para-hydroxylation sites is 1. The van der Waals surface area contributed by atoms with E-state index in [9.17, 15) is 4.79 Å². The normalized spacial score (nSPS) is 19.2. The number of carbonyl (C=O) groups is 1. The van der Waals surface area contributed by atoms with Crippen LogP contribution in [0.1, 0.15) is 28.8 Å². The molecule has 1 aliphatic rings. The third kappa shape index (κ3) is 2.94. The first-order valence-electron chi connectivity index (χ1n) is 5.87. The zero-order chi connectivity index (χ0) is 12.3. The van der Waals surface area contributed by atoms with E-state index in [1.807, 2.05) is 24.8 Å². The quantitative estimate of drug-likeness (QED) is 0.863. The van der Waals surface area contributed by atoms with Crippen molar-refractivity contribution in [2.24, 2.45) is 0 Å². The van der Waals surface area contributed by atoms with Gasteiger partial charge in [0.2, 0.25) is 0 Å². The number of carboxylic acid groups (broad SMARTS) is 1. The van der Waals surface area contributed by atoms with Crippen LogP contribution in [0.3, 0.4) is 0 Å².